The van der Waals surface area contributed by atoms with Crippen LogP contribution in [0.3, 0.4) is 0 Å². The average Bonchev–Trinajstić information content (AvgIpc) is 2.71. The van der Waals surface area contributed by atoms with Gasteiger partial charge in [0.15, 0.2) is 18.1 Å². The fourth-order valence-electron chi connectivity index (χ4n) is 3.48. The second kappa shape index (κ2) is 11.5. The van der Waals surface area contributed by atoms with Crippen LogP contribution in [0.5, 0.6) is 11.5 Å². The fraction of sp³-hybridized carbons (Fsp3) is 0.619. The zero-order chi connectivity index (χ0) is 20.4. The Morgan fingerprint density at radius 3 is 2.61 bits per heavy atom. The molecule has 0 spiro atoms. The summed E-state index contributed by atoms with van der Waals surface area (Å²) >= 11 is 0. The molecular weight excluding hydrogens is 358 g/mol. The summed E-state index contributed by atoms with van der Waals surface area (Å²) in [5.74, 6) is 1.95. The Hall–Kier alpha value is -2.28. The number of ether oxygens (including phenoxy) is 2. The number of rotatable bonds is 10. The lowest BCUT2D eigenvalue weighted by Gasteiger charge is -2.27. The van der Waals surface area contributed by atoms with Crippen LogP contribution in [0.2, 0.25) is 0 Å². The third-order valence-corrected chi connectivity index (χ3v) is 5.15. The van der Waals surface area contributed by atoms with Gasteiger partial charge in [-0.15, -0.1) is 0 Å². The van der Waals surface area contributed by atoms with Gasteiger partial charge >= 0.3 is 0 Å². The Labute approximate surface area is 167 Å². The lowest BCUT2D eigenvalue weighted by atomic mass is 9.84. The van der Waals surface area contributed by atoms with E-state index in [0.717, 1.165) is 31.5 Å². The Bertz CT molecular complexity index is 645. The largest absolute Gasteiger partial charge is 0.493 e. The van der Waals surface area contributed by atoms with Crippen LogP contribution in [-0.4, -0.2) is 45.2 Å². The number of benzene rings is 1. The molecule has 3 N–H and O–H groups in total. The summed E-state index contributed by atoms with van der Waals surface area (Å²) in [6, 6.07) is 5.45. The fourth-order valence-corrected chi connectivity index (χ4v) is 3.48. The molecule has 1 fully saturated rings. The van der Waals surface area contributed by atoms with Crippen molar-refractivity contribution in [1.82, 2.24) is 16.0 Å². The van der Waals surface area contributed by atoms with E-state index < -0.39 is 0 Å². The van der Waals surface area contributed by atoms with Crippen molar-refractivity contribution >= 4 is 11.8 Å². The van der Waals surface area contributed by atoms with Gasteiger partial charge in [0.2, 0.25) is 5.91 Å². The van der Waals surface area contributed by atoms with Crippen molar-refractivity contribution in [3.05, 3.63) is 23.8 Å². The Morgan fingerprint density at radius 1 is 1.18 bits per heavy atom. The van der Waals surface area contributed by atoms with Crippen molar-refractivity contribution in [2.24, 2.45) is 11.8 Å². The molecule has 1 aliphatic rings. The van der Waals surface area contributed by atoms with E-state index in [2.05, 4.69) is 22.9 Å². The van der Waals surface area contributed by atoms with Gasteiger partial charge in [-0.25, -0.2) is 0 Å². The number of likely N-dealkylation sites (N-methyl/N-ethyl adjacent to an activating group) is 1. The van der Waals surface area contributed by atoms with Crippen molar-refractivity contribution in [1.29, 1.82) is 0 Å². The highest BCUT2D eigenvalue weighted by atomic mass is 16.5. The molecule has 0 saturated carbocycles. The minimum Gasteiger partial charge on any atom is -0.493 e. The van der Waals surface area contributed by atoms with E-state index in [-0.39, 0.29) is 18.4 Å². The number of hydrogen-bond acceptors (Lipinski definition) is 5. The Kier molecular flexibility index (Phi) is 9.07. The van der Waals surface area contributed by atoms with E-state index >= 15 is 0 Å². The lowest BCUT2D eigenvalue weighted by Crippen LogP contribution is -2.33. The van der Waals surface area contributed by atoms with Crippen LogP contribution in [0.25, 0.3) is 0 Å². The van der Waals surface area contributed by atoms with Crippen molar-refractivity contribution < 1.29 is 19.1 Å². The van der Waals surface area contributed by atoms with Gasteiger partial charge in [0.1, 0.15) is 0 Å². The zero-order valence-corrected chi connectivity index (χ0v) is 17.2. The molecule has 1 heterocycles. The van der Waals surface area contributed by atoms with Gasteiger partial charge in [-0.2, -0.15) is 0 Å². The third kappa shape index (κ3) is 7.03. The van der Waals surface area contributed by atoms with Crippen LogP contribution in [0.4, 0.5) is 0 Å². The number of methoxy groups -OCH3 is 1. The van der Waals surface area contributed by atoms with Crippen molar-refractivity contribution in [2.45, 2.75) is 39.7 Å². The molecular formula is C21H33N3O4. The van der Waals surface area contributed by atoms with E-state index in [0.29, 0.717) is 42.8 Å². The molecule has 28 heavy (non-hydrogen) atoms. The second-order valence-electron chi connectivity index (χ2n) is 7.27. The summed E-state index contributed by atoms with van der Waals surface area (Å²) in [5.41, 5.74) is 0.921. The summed E-state index contributed by atoms with van der Waals surface area (Å²) in [6.07, 6.45) is 2.84. The summed E-state index contributed by atoms with van der Waals surface area (Å²) in [6.45, 7) is 7.05. The summed E-state index contributed by atoms with van der Waals surface area (Å²) in [7, 11) is 1.55. The highest BCUT2D eigenvalue weighted by Gasteiger charge is 2.21. The lowest BCUT2D eigenvalue weighted by molar-refractivity contribution is -0.123. The molecule has 0 aliphatic carbocycles. The molecule has 2 rings (SSSR count). The topological polar surface area (TPSA) is 88.7 Å². The highest BCUT2D eigenvalue weighted by molar-refractivity contribution is 5.77. The molecule has 2 amide bonds. The second-order valence-corrected chi connectivity index (χ2v) is 7.27. The molecule has 0 aromatic heterocycles. The molecule has 1 aromatic rings. The molecule has 156 valence electrons. The first-order valence-electron chi connectivity index (χ1n) is 10.1. The van der Waals surface area contributed by atoms with Crippen molar-refractivity contribution in [3.63, 3.8) is 0 Å². The smallest absolute Gasteiger partial charge is 0.257 e. The van der Waals surface area contributed by atoms with Crippen LogP contribution in [0.1, 0.15) is 38.7 Å². The predicted molar refractivity (Wildman–Crippen MR) is 108 cm³/mol. The maximum atomic E-state index is 12.3. The van der Waals surface area contributed by atoms with Crippen molar-refractivity contribution in [2.75, 3.05) is 33.4 Å². The predicted octanol–water partition coefficient (Wildman–Crippen LogP) is 1.85. The maximum absolute atomic E-state index is 12.3. The number of amides is 2. The van der Waals surface area contributed by atoms with Crippen LogP contribution in [-0.2, 0) is 16.1 Å². The van der Waals surface area contributed by atoms with E-state index in [1.807, 2.05) is 19.1 Å². The van der Waals surface area contributed by atoms with Gasteiger partial charge in [0, 0.05) is 19.5 Å². The summed E-state index contributed by atoms with van der Waals surface area (Å²) in [5, 5.41) is 9.03. The zero-order valence-electron chi connectivity index (χ0n) is 17.2. The van der Waals surface area contributed by atoms with E-state index in [1.54, 1.807) is 13.2 Å². The van der Waals surface area contributed by atoms with E-state index in [9.17, 15) is 9.59 Å². The van der Waals surface area contributed by atoms with Gasteiger partial charge in [-0.05, 0) is 62.4 Å². The van der Waals surface area contributed by atoms with Gasteiger partial charge in [-0.1, -0.05) is 13.0 Å². The third-order valence-electron chi connectivity index (χ3n) is 5.15. The van der Waals surface area contributed by atoms with E-state index in [4.69, 9.17) is 9.47 Å². The molecule has 7 heteroatoms. The van der Waals surface area contributed by atoms with Crippen molar-refractivity contribution in [3.8, 4) is 11.5 Å². The van der Waals surface area contributed by atoms with Gasteiger partial charge < -0.3 is 25.4 Å². The molecule has 1 aliphatic heterocycles. The summed E-state index contributed by atoms with van der Waals surface area (Å²) < 4.78 is 10.9. The molecule has 1 aromatic carbocycles. The molecule has 1 saturated heterocycles. The number of carbonyl (C=O) groups is 2. The van der Waals surface area contributed by atoms with Gasteiger partial charge in [0.25, 0.3) is 5.91 Å². The standard InChI is InChI=1S/C21H33N3O4/c1-4-23-21(26)14-28-18-6-5-16(12-19(18)27-3)13-24-20(25)11-15(2)17-7-9-22-10-8-17/h5-6,12,15,17,22H,4,7-11,13-14H2,1-3H3,(H,23,26)(H,24,25). The maximum Gasteiger partial charge on any atom is 0.257 e. The first-order chi connectivity index (χ1) is 13.5. The average molecular weight is 392 g/mol. The van der Waals surface area contributed by atoms with Gasteiger partial charge in [0.05, 0.1) is 7.11 Å². The van der Waals surface area contributed by atoms with Crippen LogP contribution >= 0.6 is 0 Å². The van der Waals surface area contributed by atoms with Crippen LogP contribution < -0.4 is 25.4 Å². The van der Waals surface area contributed by atoms with E-state index in [1.165, 1.54) is 0 Å². The Balaban J connectivity index is 1.82. The molecule has 1 unspecified atom stereocenters. The Morgan fingerprint density at radius 2 is 1.93 bits per heavy atom. The molecule has 7 nitrogen and oxygen atoms in total. The minimum atomic E-state index is -0.177. The molecule has 1 atom stereocenters. The SMILES string of the molecule is CCNC(=O)COc1ccc(CNC(=O)CC(C)C2CCNCC2)cc1OC. The molecule has 0 bridgehead atoms. The number of piperidine rings is 1. The summed E-state index contributed by atoms with van der Waals surface area (Å²) in [4.78, 5) is 23.8. The quantitative estimate of drug-likeness (QED) is 0.567. The van der Waals surface area contributed by atoms with Gasteiger partial charge in [-0.3, -0.25) is 9.59 Å². The number of nitrogens with one attached hydrogen (secondary N) is 3. The number of hydrogen-bond donors (Lipinski definition) is 3. The minimum absolute atomic E-state index is 0.0607. The normalized spacial score (nSPS) is 15.5. The van der Waals surface area contributed by atoms with Crippen LogP contribution in [0.15, 0.2) is 18.2 Å². The monoisotopic (exact) mass is 391 g/mol. The highest BCUT2D eigenvalue weighted by Crippen LogP contribution is 2.28. The first-order valence-corrected chi connectivity index (χ1v) is 10.1. The van der Waals surface area contributed by atoms with Crippen LogP contribution in [0, 0.1) is 11.8 Å². The number of carbonyl (C=O) groups excluding carboxylic acids is 2. The molecule has 0 radical (unpaired) electrons. The first kappa shape index (κ1) is 22.0.